The third kappa shape index (κ3) is 3.98. The minimum atomic E-state index is -4.34. The van der Waals surface area contributed by atoms with Crippen molar-refractivity contribution in [3.8, 4) is 6.01 Å². The van der Waals surface area contributed by atoms with Crippen molar-refractivity contribution in [1.29, 1.82) is 0 Å². The molecule has 0 fully saturated rings. The fraction of sp³-hybridized carbons (Fsp3) is 0.231. The zero-order chi connectivity index (χ0) is 15.5. The van der Waals surface area contributed by atoms with E-state index in [1.807, 2.05) is 0 Å². The van der Waals surface area contributed by atoms with Crippen LogP contribution in [0.15, 0.2) is 30.5 Å². The van der Waals surface area contributed by atoms with Crippen LogP contribution in [0.4, 0.5) is 19.0 Å². The van der Waals surface area contributed by atoms with E-state index in [2.05, 4.69) is 15.3 Å². The average molecular weight is 318 g/mol. The highest BCUT2D eigenvalue weighted by atomic mass is 35.5. The minimum Gasteiger partial charge on any atom is -0.467 e. The van der Waals surface area contributed by atoms with Gasteiger partial charge in [0.2, 0.25) is 0 Å². The van der Waals surface area contributed by atoms with Gasteiger partial charge in [0.1, 0.15) is 5.02 Å². The third-order valence-electron chi connectivity index (χ3n) is 2.65. The zero-order valence-electron chi connectivity index (χ0n) is 10.9. The molecule has 1 heterocycles. The molecule has 0 aliphatic heterocycles. The largest absolute Gasteiger partial charge is 0.467 e. The summed E-state index contributed by atoms with van der Waals surface area (Å²) in [5.74, 6) is 0.350. The predicted molar refractivity (Wildman–Crippen MR) is 72.4 cm³/mol. The average Bonchev–Trinajstić information content (AvgIpc) is 2.46. The Morgan fingerprint density at radius 1 is 1.24 bits per heavy atom. The molecule has 0 bridgehead atoms. The van der Waals surface area contributed by atoms with Gasteiger partial charge in [-0.1, -0.05) is 23.7 Å². The molecule has 0 saturated carbocycles. The van der Waals surface area contributed by atoms with E-state index >= 15 is 0 Å². The molecular weight excluding hydrogens is 307 g/mol. The SMILES string of the molecule is COc1ncc(Cl)c(NCc2ccc(C(F)(F)F)cc2)n1. The normalized spacial score (nSPS) is 11.3. The second-order valence-corrected chi connectivity index (χ2v) is 4.51. The number of nitrogens with one attached hydrogen (secondary N) is 1. The fourth-order valence-electron chi connectivity index (χ4n) is 1.57. The van der Waals surface area contributed by atoms with E-state index in [1.54, 1.807) is 0 Å². The van der Waals surface area contributed by atoms with Crippen LogP contribution in [0.5, 0.6) is 6.01 Å². The van der Waals surface area contributed by atoms with Crippen LogP contribution in [0.25, 0.3) is 0 Å². The van der Waals surface area contributed by atoms with Gasteiger partial charge in [-0.3, -0.25) is 0 Å². The first-order valence-electron chi connectivity index (χ1n) is 5.86. The lowest BCUT2D eigenvalue weighted by atomic mass is 10.1. The Kier molecular flexibility index (Phi) is 4.52. The van der Waals surface area contributed by atoms with Crippen LogP contribution < -0.4 is 10.1 Å². The van der Waals surface area contributed by atoms with E-state index in [9.17, 15) is 13.2 Å². The highest BCUT2D eigenvalue weighted by Crippen LogP contribution is 2.29. The minimum absolute atomic E-state index is 0.148. The van der Waals surface area contributed by atoms with Gasteiger partial charge in [-0.05, 0) is 17.7 Å². The van der Waals surface area contributed by atoms with Crippen molar-refractivity contribution in [2.45, 2.75) is 12.7 Å². The van der Waals surface area contributed by atoms with Crippen LogP contribution >= 0.6 is 11.6 Å². The van der Waals surface area contributed by atoms with Crippen LogP contribution in [0.3, 0.4) is 0 Å². The number of rotatable bonds is 4. The van der Waals surface area contributed by atoms with Gasteiger partial charge < -0.3 is 10.1 Å². The zero-order valence-corrected chi connectivity index (χ0v) is 11.7. The summed E-state index contributed by atoms with van der Waals surface area (Å²) in [4.78, 5) is 7.83. The summed E-state index contributed by atoms with van der Waals surface area (Å²) in [6.45, 7) is 0.276. The number of ether oxygens (including phenoxy) is 1. The van der Waals surface area contributed by atoms with Crippen LogP contribution in [0.1, 0.15) is 11.1 Å². The number of benzene rings is 1. The molecule has 1 aromatic heterocycles. The number of aromatic nitrogens is 2. The molecule has 1 aromatic carbocycles. The number of methoxy groups -OCH3 is 1. The van der Waals surface area contributed by atoms with Gasteiger partial charge in [0.25, 0.3) is 0 Å². The first kappa shape index (κ1) is 15.4. The molecule has 0 aliphatic carbocycles. The van der Waals surface area contributed by atoms with Gasteiger partial charge in [-0.2, -0.15) is 18.2 Å². The van der Waals surface area contributed by atoms with Crippen molar-refractivity contribution in [3.05, 3.63) is 46.6 Å². The summed E-state index contributed by atoms with van der Waals surface area (Å²) in [5.41, 5.74) is -0.0235. The summed E-state index contributed by atoms with van der Waals surface area (Å²) in [6.07, 6.45) is -2.96. The van der Waals surface area contributed by atoms with Gasteiger partial charge in [0, 0.05) is 6.54 Å². The Bertz CT molecular complexity index is 617. The summed E-state index contributed by atoms with van der Waals surface area (Å²) in [5, 5.41) is 3.21. The molecule has 0 spiro atoms. The van der Waals surface area contributed by atoms with Crippen LogP contribution in [-0.2, 0) is 12.7 Å². The van der Waals surface area contributed by atoms with Crippen molar-refractivity contribution >= 4 is 17.4 Å². The van der Waals surface area contributed by atoms with Crippen molar-refractivity contribution in [2.24, 2.45) is 0 Å². The molecule has 0 radical (unpaired) electrons. The van der Waals surface area contributed by atoms with Crippen molar-refractivity contribution in [1.82, 2.24) is 9.97 Å². The number of hydrogen-bond acceptors (Lipinski definition) is 4. The van der Waals surface area contributed by atoms with Crippen LogP contribution in [0.2, 0.25) is 5.02 Å². The standard InChI is InChI=1S/C13H11ClF3N3O/c1-21-12-19-7-10(14)11(20-12)18-6-8-2-4-9(5-3-8)13(15,16)17/h2-5,7H,6H2,1H3,(H,18,19,20). The maximum atomic E-state index is 12.4. The molecule has 112 valence electrons. The molecule has 4 nitrogen and oxygen atoms in total. The van der Waals surface area contributed by atoms with E-state index in [4.69, 9.17) is 16.3 Å². The Morgan fingerprint density at radius 2 is 1.90 bits per heavy atom. The van der Waals surface area contributed by atoms with Crippen LogP contribution in [0, 0.1) is 0 Å². The van der Waals surface area contributed by atoms with Crippen LogP contribution in [-0.4, -0.2) is 17.1 Å². The van der Waals surface area contributed by atoms with Gasteiger partial charge in [0.05, 0.1) is 18.9 Å². The lowest BCUT2D eigenvalue weighted by Gasteiger charge is -2.10. The van der Waals surface area contributed by atoms with E-state index < -0.39 is 11.7 Å². The maximum absolute atomic E-state index is 12.4. The highest BCUT2D eigenvalue weighted by molar-refractivity contribution is 6.32. The summed E-state index contributed by atoms with van der Waals surface area (Å²) in [6, 6.07) is 4.98. The summed E-state index contributed by atoms with van der Waals surface area (Å²) < 4.78 is 42.2. The summed E-state index contributed by atoms with van der Waals surface area (Å²) in [7, 11) is 1.42. The second-order valence-electron chi connectivity index (χ2n) is 4.10. The highest BCUT2D eigenvalue weighted by Gasteiger charge is 2.29. The molecule has 8 heteroatoms. The lowest BCUT2D eigenvalue weighted by Crippen LogP contribution is -2.06. The molecule has 0 amide bonds. The molecule has 2 rings (SSSR count). The Labute approximate surface area is 123 Å². The monoisotopic (exact) mass is 317 g/mol. The van der Waals surface area contributed by atoms with E-state index in [0.717, 1.165) is 12.1 Å². The van der Waals surface area contributed by atoms with E-state index in [1.165, 1.54) is 25.4 Å². The van der Waals surface area contributed by atoms with Gasteiger partial charge in [0.15, 0.2) is 5.82 Å². The Morgan fingerprint density at radius 3 is 2.48 bits per heavy atom. The molecule has 0 unspecified atom stereocenters. The molecule has 0 saturated heterocycles. The predicted octanol–water partition coefficient (Wildman–Crippen LogP) is 3.77. The summed E-state index contributed by atoms with van der Waals surface area (Å²) >= 11 is 5.91. The first-order valence-corrected chi connectivity index (χ1v) is 6.24. The number of halogens is 4. The first-order chi connectivity index (χ1) is 9.90. The number of nitrogens with zero attached hydrogens (tertiary/aromatic N) is 2. The van der Waals surface area contributed by atoms with E-state index in [0.29, 0.717) is 16.4 Å². The molecule has 1 N–H and O–H groups in total. The topological polar surface area (TPSA) is 47.0 Å². The van der Waals surface area contributed by atoms with Crippen molar-refractivity contribution in [2.75, 3.05) is 12.4 Å². The Hall–Kier alpha value is -2.02. The van der Waals surface area contributed by atoms with Crippen molar-refractivity contribution < 1.29 is 17.9 Å². The molecule has 2 aromatic rings. The van der Waals surface area contributed by atoms with Gasteiger partial charge in [-0.15, -0.1) is 0 Å². The molecule has 0 atom stereocenters. The number of alkyl halides is 3. The molecular formula is C13H11ClF3N3O. The van der Waals surface area contributed by atoms with Gasteiger partial charge >= 0.3 is 12.2 Å². The van der Waals surface area contributed by atoms with Crippen molar-refractivity contribution in [3.63, 3.8) is 0 Å². The second kappa shape index (κ2) is 6.17. The smallest absolute Gasteiger partial charge is 0.416 e. The third-order valence-corrected chi connectivity index (χ3v) is 2.92. The Balaban J connectivity index is 2.06. The maximum Gasteiger partial charge on any atom is 0.416 e. The van der Waals surface area contributed by atoms with E-state index in [-0.39, 0.29) is 12.6 Å². The fourth-order valence-corrected chi connectivity index (χ4v) is 1.73. The molecule has 0 aliphatic rings. The number of hydrogen-bond donors (Lipinski definition) is 1. The lowest BCUT2D eigenvalue weighted by molar-refractivity contribution is -0.137. The van der Waals surface area contributed by atoms with Gasteiger partial charge in [-0.25, -0.2) is 4.98 Å². The number of anilines is 1. The molecule has 21 heavy (non-hydrogen) atoms. The quantitative estimate of drug-likeness (QED) is 0.932.